The third kappa shape index (κ3) is 2.43. The second kappa shape index (κ2) is 5.72. The molecule has 3 aliphatic carbocycles. The van der Waals surface area contributed by atoms with E-state index in [2.05, 4.69) is 58.0 Å². The zero-order valence-electron chi connectivity index (χ0n) is 15.4. The van der Waals surface area contributed by atoms with Crippen LogP contribution < -0.4 is 26.9 Å². The number of rotatable bonds is 3. The molecule has 0 radical (unpaired) electrons. The van der Waals surface area contributed by atoms with E-state index in [0.29, 0.717) is 16.7 Å². The Morgan fingerprint density at radius 3 is 2.58 bits per heavy atom. The van der Waals surface area contributed by atoms with E-state index in [1.165, 1.54) is 22.7 Å². The van der Waals surface area contributed by atoms with Crippen molar-refractivity contribution in [3.05, 3.63) is 35.9 Å². The Balaban J connectivity index is 1.50. The summed E-state index contributed by atoms with van der Waals surface area (Å²) in [7, 11) is 0. The fraction of sp³-hybridized carbons (Fsp3) is 0.700. The summed E-state index contributed by atoms with van der Waals surface area (Å²) in [5, 5.41) is 0. The molecule has 2 nitrogen and oxygen atoms in total. The van der Waals surface area contributed by atoms with Gasteiger partial charge in [-0.15, -0.1) is 0 Å². The summed E-state index contributed by atoms with van der Waals surface area (Å²) in [5.41, 5.74) is 8.97. The van der Waals surface area contributed by atoms with Crippen molar-refractivity contribution in [3.63, 3.8) is 0 Å². The van der Waals surface area contributed by atoms with Gasteiger partial charge in [0.1, 0.15) is 0 Å². The predicted octanol–water partition coefficient (Wildman–Crippen LogP) is 0.329. The molecule has 2 N–H and O–H groups in total. The molecule has 5 atom stereocenters. The van der Waals surface area contributed by atoms with E-state index in [4.69, 9.17) is 10.4 Å². The number of benzene rings is 1. The minimum atomic E-state index is 0.0752. The molecule has 0 unspecified atom stereocenters. The van der Waals surface area contributed by atoms with Gasteiger partial charge < -0.3 is 0 Å². The van der Waals surface area contributed by atoms with Crippen LogP contribution >= 0.6 is 0 Å². The first-order valence-corrected chi connectivity index (χ1v) is 12.1. The van der Waals surface area contributed by atoms with Gasteiger partial charge in [0.05, 0.1) is 0 Å². The predicted molar refractivity (Wildman–Crippen MR) is 96.6 cm³/mol. The summed E-state index contributed by atoms with van der Waals surface area (Å²) >= 11 is 0.178. The monoisotopic (exact) mass is 438 g/mol. The molecule has 24 heavy (non-hydrogen) atoms. The van der Waals surface area contributed by atoms with Crippen molar-refractivity contribution in [2.45, 2.75) is 62.4 Å². The fourth-order valence-corrected chi connectivity index (χ4v) is 10.2. The van der Waals surface area contributed by atoms with Crippen molar-refractivity contribution in [2.75, 3.05) is 4.33 Å². The van der Waals surface area contributed by atoms with Crippen LogP contribution in [0.2, 0.25) is 0 Å². The third-order valence-corrected chi connectivity index (χ3v) is 11.8. The fourth-order valence-electron chi connectivity index (χ4n) is 5.48. The summed E-state index contributed by atoms with van der Waals surface area (Å²) in [6.07, 6.45) is 3.65. The van der Waals surface area contributed by atoms with Gasteiger partial charge in [0.2, 0.25) is 0 Å². The number of hydrogen-bond donors (Lipinski definition) is 1. The summed E-state index contributed by atoms with van der Waals surface area (Å²) in [6, 6.07) is 10.6. The molecular weight excluding hydrogens is 408 g/mol. The molecular formula is C20H30BINO-. The SMILES string of the molecule is CC1(C)[C@@H]2C[C@]1(C)C[C@H]1[I-]CB([C@@H](N)Cc3ccccc3)O[C@]12C. The Hall–Kier alpha value is -0.0651. The van der Waals surface area contributed by atoms with Crippen molar-refractivity contribution in [1.82, 2.24) is 0 Å². The Bertz CT molecular complexity index is 623. The number of halogens is 1. The van der Waals surface area contributed by atoms with Crippen molar-refractivity contribution >= 4 is 6.92 Å². The summed E-state index contributed by atoms with van der Waals surface area (Å²) < 4.78 is 8.90. The molecule has 132 valence electrons. The molecule has 0 aromatic heterocycles. The summed E-state index contributed by atoms with van der Waals surface area (Å²) in [4.78, 5) is 0. The number of hydrogen-bond acceptors (Lipinski definition) is 2. The molecule has 1 saturated heterocycles. The maximum absolute atomic E-state index is 6.85. The van der Waals surface area contributed by atoms with Gasteiger partial charge in [-0.05, 0) is 0 Å². The quantitative estimate of drug-likeness (QED) is 0.420. The van der Waals surface area contributed by atoms with Gasteiger partial charge in [0, 0.05) is 0 Å². The number of alkyl halides is 2. The molecule has 5 rings (SSSR count). The van der Waals surface area contributed by atoms with E-state index in [1.54, 1.807) is 0 Å². The van der Waals surface area contributed by atoms with E-state index in [0.717, 1.165) is 10.3 Å². The average molecular weight is 438 g/mol. The number of nitrogens with two attached hydrogens (primary N) is 1. The van der Waals surface area contributed by atoms with E-state index in [1.807, 2.05) is 0 Å². The zero-order chi connectivity index (χ0) is 17.2. The first-order valence-electron chi connectivity index (χ1n) is 9.31. The van der Waals surface area contributed by atoms with Gasteiger partial charge in [-0.25, -0.2) is 0 Å². The second-order valence-electron chi connectivity index (χ2n) is 9.21. The molecule has 4 heteroatoms. The van der Waals surface area contributed by atoms with E-state index < -0.39 is 0 Å². The molecule has 1 aromatic carbocycles. The molecule has 1 heterocycles. The molecule has 4 aliphatic rings. The van der Waals surface area contributed by atoms with Crippen molar-refractivity contribution in [2.24, 2.45) is 22.5 Å². The topological polar surface area (TPSA) is 35.2 Å². The van der Waals surface area contributed by atoms with Gasteiger partial charge in [-0.3, -0.25) is 0 Å². The zero-order valence-corrected chi connectivity index (χ0v) is 17.5. The first kappa shape index (κ1) is 17.4. The van der Waals surface area contributed by atoms with Crippen molar-refractivity contribution in [3.8, 4) is 0 Å². The van der Waals surface area contributed by atoms with Crippen molar-refractivity contribution in [1.29, 1.82) is 0 Å². The normalized spacial score (nSPS) is 41.6. The van der Waals surface area contributed by atoms with Gasteiger partial charge in [0.15, 0.2) is 0 Å². The molecule has 0 spiro atoms. The summed E-state index contributed by atoms with van der Waals surface area (Å²) in [5.74, 6) is 0.835. The van der Waals surface area contributed by atoms with Gasteiger partial charge in [0.25, 0.3) is 0 Å². The molecule has 0 amide bonds. The van der Waals surface area contributed by atoms with E-state index in [-0.39, 0.29) is 39.7 Å². The Morgan fingerprint density at radius 2 is 1.92 bits per heavy atom. The molecule has 4 fully saturated rings. The molecule has 3 saturated carbocycles. The molecule has 1 aromatic rings. The first-order chi connectivity index (χ1) is 11.3. The van der Waals surface area contributed by atoms with Crippen LogP contribution in [0.1, 0.15) is 46.1 Å². The van der Waals surface area contributed by atoms with E-state index in [9.17, 15) is 0 Å². The van der Waals surface area contributed by atoms with Crippen LogP contribution in [0.4, 0.5) is 0 Å². The van der Waals surface area contributed by atoms with Gasteiger partial charge in [-0.1, -0.05) is 0 Å². The Labute approximate surface area is 157 Å². The van der Waals surface area contributed by atoms with Crippen molar-refractivity contribution < 1.29 is 25.9 Å². The second-order valence-corrected chi connectivity index (χ2v) is 12.5. The van der Waals surface area contributed by atoms with Crippen LogP contribution in [0.5, 0.6) is 0 Å². The van der Waals surface area contributed by atoms with Crippen LogP contribution in [0.15, 0.2) is 30.3 Å². The van der Waals surface area contributed by atoms with Crippen LogP contribution in [-0.2, 0) is 11.1 Å². The van der Waals surface area contributed by atoms with Crippen LogP contribution in [0.3, 0.4) is 0 Å². The van der Waals surface area contributed by atoms with Gasteiger partial charge in [-0.2, -0.15) is 0 Å². The maximum atomic E-state index is 6.85. The van der Waals surface area contributed by atoms with Gasteiger partial charge >= 0.3 is 158 Å². The third-order valence-electron chi connectivity index (χ3n) is 7.65. The van der Waals surface area contributed by atoms with Crippen LogP contribution in [0.25, 0.3) is 0 Å². The summed E-state index contributed by atoms with van der Waals surface area (Å²) in [6.45, 7) is 10.1. The minimum absolute atomic E-state index is 0.0752. The average Bonchev–Trinajstić information content (AvgIpc) is 2.55. The Morgan fingerprint density at radius 1 is 1.21 bits per heavy atom. The van der Waals surface area contributed by atoms with Crippen LogP contribution in [0, 0.1) is 16.7 Å². The van der Waals surface area contributed by atoms with E-state index >= 15 is 0 Å². The van der Waals surface area contributed by atoms with Crippen LogP contribution in [-0.4, -0.2) is 26.7 Å². The molecule has 1 aliphatic heterocycles. The molecule has 2 bridgehead atoms. The standard InChI is InChI=1S/C20H30BINO/c1-18(2)15-11-19(18,3)12-16-20(15,4)24-21(13-22-16)17(23)10-14-8-6-5-7-9-14/h5-9,15-17H,10-13,23H2,1-4H3/q-1/t15-,16+,17-,19+,20-/m0/s1. The Kier molecular flexibility index (Phi) is 4.13.